The molecule has 1 amide bonds. The number of amides is 1. The van der Waals surface area contributed by atoms with Crippen LogP contribution in [0.5, 0.6) is 0 Å². The van der Waals surface area contributed by atoms with Gasteiger partial charge in [0.25, 0.3) is 0 Å². The number of carbonyl (C=O) groups is 3. The minimum Gasteiger partial charge on any atom is -0.481 e. The molecular weight excluding hydrogens is 318 g/mol. The lowest BCUT2D eigenvalue weighted by Gasteiger charge is -2.34. The number of carbonyl (C=O) groups excluding carboxylic acids is 2. The third-order valence-corrected chi connectivity index (χ3v) is 3.23. The summed E-state index contributed by atoms with van der Waals surface area (Å²) in [5, 5.41) is 10.3. The molecule has 9 nitrogen and oxygen atoms in total. The molecule has 0 saturated carbocycles. The van der Waals surface area contributed by atoms with E-state index in [1.165, 1.54) is 0 Å². The topological polar surface area (TPSA) is 108 Å². The predicted octanol–water partition coefficient (Wildman–Crippen LogP) is 0.452. The molecule has 1 heterocycles. The molecule has 1 aliphatic rings. The quantitative estimate of drug-likeness (QED) is 0.640. The normalized spacial score (nSPS) is 16.5. The molecule has 1 saturated heterocycles. The average Bonchev–Trinajstić information content (AvgIpc) is 2.45. The molecule has 1 rings (SSSR count). The Hall–Kier alpha value is -1.87. The van der Waals surface area contributed by atoms with Gasteiger partial charge in [-0.3, -0.25) is 19.9 Å². The van der Waals surface area contributed by atoms with Crippen molar-refractivity contribution in [3.63, 3.8) is 0 Å². The second kappa shape index (κ2) is 9.43. The Bertz CT molecular complexity index is 441. The molecule has 24 heavy (non-hydrogen) atoms. The summed E-state index contributed by atoms with van der Waals surface area (Å²) < 4.78 is 10.2. The van der Waals surface area contributed by atoms with Gasteiger partial charge in [0.2, 0.25) is 0 Å². The molecule has 0 aliphatic carbocycles. The van der Waals surface area contributed by atoms with E-state index in [9.17, 15) is 14.4 Å². The van der Waals surface area contributed by atoms with Crippen LogP contribution in [0.3, 0.4) is 0 Å². The van der Waals surface area contributed by atoms with E-state index in [0.717, 1.165) is 13.1 Å². The number of hydrazine groups is 1. The number of ether oxygens (including phenoxy) is 2. The molecule has 0 unspecified atom stereocenters. The molecule has 0 spiro atoms. The Morgan fingerprint density at radius 2 is 1.71 bits per heavy atom. The van der Waals surface area contributed by atoms with Crippen molar-refractivity contribution in [2.24, 2.45) is 0 Å². The first-order chi connectivity index (χ1) is 11.2. The van der Waals surface area contributed by atoms with E-state index in [0.29, 0.717) is 19.6 Å². The number of nitrogens with zero attached hydrogens (tertiary/aromatic N) is 2. The van der Waals surface area contributed by atoms with E-state index < -0.39 is 23.6 Å². The number of piperazine rings is 1. The van der Waals surface area contributed by atoms with Crippen molar-refractivity contribution in [3.8, 4) is 0 Å². The maximum Gasteiger partial charge on any atom is 0.422 e. The molecule has 2 N–H and O–H groups in total. The van der Waals surface area contributed by atoms with Crippen LogP contribution in [-0.2, 0) is 19.1 Å². The molecule has 0 bridgehead atoms. The highest BCUT2D eigenvalue weighted by Gasteiger charge is 2.21. The molecular formula is C15H27N3O6. The number of nitrogens with one attached hydrogen (secondary N) is 1. The van der Waals surface area contributed by atoms with Crippen LogP contribution in [0.1, 0.15) is 33.6 Å². The van der Waals surface area contributed by atoms with Crippen molar-refractivity contribution < 1.29 is 29.0 Å². The van der Waals surface area contributed by atoms with Crippen LogP contribution in [0.2, 0.25) is 0 Å². The molecule has 0 aromatic heterocycles. The monoisotopic (exact) mass is 345 g/mol. The third-order valence-electron chi connectivity index (χ3n) is 3.23. The van der Waals surface area contributed by atoms with E-state index in [1.54, 1.807) is 5.01 Å². The Morgan fingerprint density at radius 3 is 2.25 bits per heavy atom. The molecule has 1 fully saturated rings. The fourth-order valence-corrected chi connectivity index (χ4v) is 2.08. The maximum atomic E-state index is 11.7. The number of rotatable bonds is 7. The van der Waals surface area contributed by atoms with Gasteiger partial charge in [0.1, 0.15) is 12.2 Å². The van der Waals surface area contributed by atoms with Crippen LogP contribution in [0.15, 0.2) is 0 Å². The smallest absolute Gasteiger partial charge is 0.422 e. The lowest BCUT2D eigenvalue weighted by molar-refractivity contribution is -0.148. The summed E-state index contributed by atoms with van der Waals surface area (Å²) in [7, 11) is 0. The lowest BCUT2D eigenvalue weighted by Crippen LogP contribution is -2.54. The summed E-state index contributed by atoms with van der Waals surface area (Å²) >= 11 is 0. The first kappa shape index (κ1) is 20.2. The van der Waals surface area contributed by atoms with Gasteiger partial charge >= 0.3 is 18.0 Å². The molecule has 138 valence electrons. The predicted molar refractivity (Wildman–Crippen MR) is 85.2 cm³/mol. The number of carboxylic acids is 1. The van der Waals surface area contributed by atoms with Gasteiger partial charge in [-0.25, -0.2) is 9.80 Å². The van der Waals surface area contributed by atoms with Crippen LogP contribution in [0.4, 0.5) is 4.79 Å². The number of hydrogen-bond donors (Lipinski definition) is 2. The van der Waals surface area contributed by atoms with Gasteiger partial charge in [-0.05, 0) is 20.8 Å². The zero-order valence-electron chi connectivity index (χ0n) is 14.5. The van der Waals surface area contributed by atoms with Gasteiger partial charge in [-0.2, -0.15) is 0 Å². The van der Waals surface area contributed by atoms with Crippen LogP contribution in [-0.4, -0.2) is 78.0 Å². The van der Waals surface area contributed by atoms with Gasteiger partial charge < -0.3 is 14.6 Å². The molecule has 0 aromatic rings. The van der Waals surface area contributed by atoms with Crippen molar-refractivity contribution >= 4 is 18.0 Å². The van der Waals surface area contributed by atoms with Crippen LogP contribution in [0, 0.1) is 0 Å². The molecule has 0 aromatic carbocycles. The standard InChI is InChI=1S/C15H27N3O6/c1-15(2,3)24-14(22)16-18-8-6-17(7-9-18)10-11-23-13(21)5-4-12(19)20/h4-11H2,1-3H3,(H,16,22)(H,19,20). The highest BCUT2D eigenvalue weighted by Crippen LogP contribution is 2.07. The van der Waals surface area contributed by atoms with E-state index >= 15 is 0 Å². The van der Waals surface area contributed by atoms with E-state index in [2.05, 4.69) is 10.3 Å². The molecule has 0 radical (unpaired) electrons. The number of hydrogen-bond acceptors (Lipinski definition) is 7. The Kier molecular flexibility index (Phi) is 7.93. The summed E-state index contributed by atoms with van der Waals surface area (Å²) in [5.41, 5.74) is 2.17. The van der Waals surface area contributed by atoms with E-state index in [4.69, 9.17) is 14.6 Å². The number of aliphatic carboxylic acids is 1. The largest absolute Gasteiger partial charge is 0.481 e. The fourth-order valence-electron chi connectivity index (χ4n) is 2.08. The van der Waals surface area contributed by atoms with Crippen LogP contribution in [0.25, 0.3) is 0 Å². The van der Waals surface area contributed by atoms with Gasteiger partial charge in [-0.1, -0.05) is 0 Å². The minimum atomic E-state index is -1.01. The van der Waals surface area contributed by atoms with Crippen molar-refractivity contribution in [2.75, 3.05) is 39.3 Å². The van der Waals surface area contributed by atoms with Crippen LogP contribution >= 0.6 is 0 Å². The van der Waals surface area contributed by atoms with Crippen molar-refractivity contribution in [2.45, 2.75) is 39.2 Å². The van der Waals surface area contributed by atoms with Crippen molar-refractivity contribution in [3.05, 3.63) is 0 Å². The molecule has 9 heteroatoms. The minimum absolute atomic E-state index is 0.108. The van der Waals surface area contributed by atoms with Crippen LogP contribution < -0.4 is 5.43 Å². The van der Waals surface area contributed by atoms with Crippen molar-refractivity contribution in [1.29, 1.82) is 0 Å². The van der Waals surface area contributed by atoms with Gasteiger partial charge in [0.05, 0.1) is 12.8 Å². The lowest BCUT2D eigenvalue weighted by atomic mass is 10.2. The van der Waals surface area contributed by atoms with Gasteiger partial charge in [0, 0.05) is 32.7 Å². The van der Waals surface area contributed by atoms with E-state index in [1.807, 2.05) is 20.8 Å². The summed E-state index contributed by atoms with van der Waals surface area (Å²) in [4.78, 5) is 35.4. The number of esters is 1. The molecule has 1 aliphatic heterocycles. The zero-order chi connectivity index (χ0) is 18.2. The summed E-state index contributed by atoms with van der Waals surface area (Å²) in [6.07, 6.45) is -0.792. The maximum absolute atomic E-state index is 11.7. The second-order valence-electron chi connectivity index (χ2n) is 6.56. The fraction of sp³-hybridized carbons (Fsp3) is 0.800. The summed E-state index contributed by atoms with van der Waals surface area (Å²) in [6, 6.07) is 0. The van der Waals surface area contributed by atoms with Crippen molar-refractivity contribution in [1.82, 2.24) is 15.3 Å². The Balaban J connectivity index is 2.14. The third kappa shape index (κ3) is 9.31. The molecule has 0 atom stereocenters. The highest BCUT2D eigenvalue weighted by molar-refractivity contribution is 5.76. The van der Waals surface area contributed by atoms with E-state index in [-0.39, 0.29) is 19.4 Å². The van der Waals surface area contributed by atoms with Gasteiger partial charge in [0.15, 0.2) is 0 Å². The highest BCUT2D eigenvalue weighted by atomic mass is 16.6. The first-order valence-corrected chi connectivity index (χ1v) is 8.00. The Labute approximate surface area is 141 Å². The zero-order valence-corrected chi connectivity index (χ0v) is 14.5. The number of carboxylic acid groups (broad SMARTS) is 1. The first-order valence-electron chi connectivity index (χ1n) is 8.00. The second-order valence-corrected chi connectivity index (χ2v) is 6.56. The average molecular weight is 345 g/mol. The summed E-state index contributed by atoms with van der Waals surface area (Å²) in [6.45, 7) is 8.98. The Morgan fingerprint density at radius 1 is 1.08 bits per heavy atom. The SMILES string of the molecule is CC(C)(C)OC(=O)NN1CCN(CCOC(=O)CCC(=O)O)CC1. The van der Waals surface area contributed by atoms with Gasteiger partial charge in [-0.15, -0.1) is 0 Å². The summed E-state index contributed by atoms with van der Waals surface area (Å²) in [5.74, 6) is -1.51.